The quantitative estimate of drug-likeness (QED) is 0.833. The van der Waals surface area contributed by atoms with Crippen LogP contribution < -0.4 is 4.72 Å². The molecule has 5 heteroatoms. The molecule has 0 aliphatic heterocycles. The Hall–Kier alpha value is -1.07. The largest absolute Gasteiger partial charge is 0.301 e. The molecule has 0 saturated heterocycles. The first-order valence-corrected chi connectivity index (χ1v) is 6.37. The number of benzene rings is 1. The Labute approximate surface area is 91.1 Å². The predicted molar refractivity (Wildman–Crippen MR) is 61.9 cm³/mol. The Morgan fingerprint density at radius 3 is 2.13 bits per heavy atom. The van der Waals surface area contributed by atoms with Gasteiger partial charge in [-0.1, -0.05) is 32.0 Å². The zero-order chi connectivity index (χ0) is 11.3. The summed E-state index contributed by atoms with van der Waals surface area (Å²) >= 11 is 0. The molecule has 0 fully saturated rings. The minimum absolute atomic E-state index is 0.471. The zero-order valence-corrected chi connectivity index (χ0v) is 9.79. The van der Waals surface area contributed by atoms with Crippen molar-refractivity contribution in [3.63, 3.8) is 0 Å². The molecule has 0 radical (unpaired) electrons. The number of nitrogens with one attached hydrogen (secondary N) is 1. The fourth-order valence-corrected chi connectivity index (χ4v) is 2.53. The van der Waals surface area contributed by atoms with Crippen molar-refractivity contribution in [2.24, 2.45) is 0 Å². The molecule has 0 atom stereocenters. The van der Waals surface area contributed by atoms with Gasteiger partial charge in [-0.2, -0.15) is 12.7 Å². The standard InChI is InChI=1S/C10H16N2O2S/c1-3-12(4-2)15(13,14)11-10-8-6-5-7-9-10/h5-9,11H,3-4H2,1-2H3. The minimum Gasteiger partial charge on any atom is -0.271 e. The lowest BCUT2D eigenvalue weighted by molar-refractivity contribution is 0.449. The van der Waals surface area contributed by atoms with Gasteiger partial charge in [0.15, 0.2) is 0 Å². The van der Waals surface area contributed by atoms with E-state index < -0.39 is 10.2 Å². The van der Waals surface area contributed by atoms with Crippen molar-refractivity contribution in [1.29, 1.82) is 0 Å². The van der Waals surface area contributed by atoms with Crippen LogP contribution in [0.15, 0.2) is 30.3 Å². The van der Waals surface area contributed by atoms with Crippen molar-refractivity contribution in [3.05, 3.63) is 30.3 Å². The van der Waals surface area contributed by atoms with Crippen LogP contribution in [-0.4, -0.2) is 25.8 Å². The van der Waals surface area contributed by atoms with Gasteiger partial charge in [0.2, 0.25) is 0 Å². The molecule has 0 spiro atoms. The van der Waals surface area contributed by atoms with Crippen LogP contribution in [0.2, 0.25) is 0 Å². The van der Waals surface area contributed by atoms with E-state index in [-0.39, 0.29) is 0 Å². The molecule has 0 unspecified atom stereocenters. The normalized spacial score (nSPS) is 11.7. The maximum atomic E-state index is 11.8. The highest BCUT2D eigenvalue weighted by Crippen LogP contribution is 2.10. The van der Waals surface area contributed by atoms with Crippen molar-refractivity contribution >= 4 is 15.9 Å². The van der Waals surface area contributed by atoms with E-state index in [1.807, 2.05) is 19.9 Å². The molecule has 0 saturated carbocycles. The third-order valence-corrected chi connectivity index (χ3v) is 3.76. The fraction of sp³-hybridized carbons (Fsp3) is 0.400. The summed E-state index contributed by atoms with van der Waals surface area (Å²) in [5.41, 5.74) is 0.587. The molecule has 0 amide bonds. The number of rotatable bonds is 5. The molecule has 1 aromatic carbocycles. The lowest BCUT2D eigenvalue weighted by Crippen LogP contribution is -2.35. The molecular weight excluding hydrogens is 212 g/mol. The topological polar surface area (TPSA) is 49.4 Å². The Kier molecular flexibility index (Phi) is 4.11. The van der Waals surface area contributed by atoms with Crippen molar-refractivity contribution in [2.45, 2.75) is 13.8 Å². The number of anilines is 1. The van der Waals surface area contributed by atoms with Crippen molar-refractivity contribution in [2.75, 3.05) is 17.8 Å². The molecular formula is C10H16N2O2S. The third-order valence-electron chi connectivity index (χ3n) is 2.07. The summed E-state index contributed by atoms with van der Waals surface area (Å²) in [7, 11) is -3.39. The summed E-state index contributed by atoms with van der Waals surface area (Å²) < 4.78 is 27.4. The summed E-state index contributed by atoms with van der Waals surface area (Å²) in [5, 5.41) is 0. The first-order chi connectivity index (χ1) is 7.10. The van der Waals surface area contributed by atoms with E-state index in [4.69, 9.17) is 0 Å². The van der Waals surface area contributed by atoms with Crippen LogP contribution in [0, 0.1) is 0 Å². The second-order valence-electron chi connectivity index (χ2n) is 3.06. The van der Waals surface area contributed by atoms with Crippen LogP contribution in [-0.2, 0) is 10.2 Å². The number of para-hydroxylation sites is 1. The highest BCUT2D eigenvalue weighted by molar-refractivity contribution is 7.90. The van der Waals surface area contributed by atoms with Gasteiger partial charge in [-0.15, -0.1) is 0 Å². The molecule has 1 aromatic rings. The third kappa shape index (κ3) is 3.21. The van der Waals surface area contributed by atoms with E-state index in [0.717, 1.165) is 0 Å². The summed E-state index contributed by atoms with van der Waals surface area (Å²) in [4.78, 5) is 0. The first kappa shape index (κ1) is 12.0. The molecule has 0 aliphatic rings. The van der Waals surface area contributed by atoms with Crippen LogP contribution >= 0.6 is 0 Å². The van der Waals surface area contributed by atoms with Gasteiger partial charge >= 0.3 is 10.2 Å². The summed E-state index contributed by atoms with van der Waals surface area (Å²) in [6.07, 6.45) is 0. The van der Waals surface area contributed by atoms with Gasteiger partial charge < -0.3 is 0 Å². The molecule has 4 nitrogen and oxygen atoms in total. The number of hydrogen-bond acceptors (Lipinski definition) is 2. The number of hydrogen-bond donors (Lipinski definition) is 1. The average molecular weight is 228 g/mol. The lowest BCUT2D eigenvalue weighted by atomic mass is 10.3. The van der Waals surface area contributed by atoms with E-state index in [0.29, 0.717) is 18.8 Å². The van der Waals surface area contributed by atoms with E-state index >= 15 is 0 Å². The van der Waals surface area contributed by atoms with Gasteiger partial charge in [0.25, 0.3) is 0 Å². The van der Waals surface area contributed by atoms with Gasteiger partial charge in [-0.05, 0) is 12.1 Å². The molecule has 1 N–H and O–H groups in total. The molecule has 84 valence electrons. The van der Waals surface area contributed by atoms with Gasteiger partial charge in [0.05, 0.1) is 0 Å². The van der Waals surface area contributed by atoms with Crippen LogP contribution in [0.4, 0.5) is 5.69 Å². The molecule has 1 rings (SSSR count). The highest BCUT2D eigenvalue weighted by Gasteiger charge is 2.17. The Balaban J connectivity index is 2.81. The van der Waals surface area contributed by atoms with Crippen LogP contribution in [0.1, 0.15) is 13.8 Å². The molecule has 0 aliphatic carbocycles. The van der Waals surface area contributed by atoms with Crippen LogP contribution in [0.5, 0.6) is 0 Å². The Morgan fingerprint density at radius 1 is 1.13 bits per heavy atom. The molecule has 0 heterocycles. The van der Waals surface area contributed by atoms with Gasteiger partial charge in [-0.25, -0.2) is 0 Å². The van der Waals surface area contributed by atoms with Crippen molar-refractivity contribution < 1.29 is 8.42 Å². The Bertz CT molecular complexity index is 385. The van der Waals surface area contributed by atoms with Crippen molar-refractivity contribution in [3.8, 4) is 0 Å². The summed E-state index contributed by atoms with van der Waals surface area (Å²) in [6, 6.07) is 8.87. The second-order valence-corrected chi connectivity index (χ2v) is 4.73. The lowest BCUT2D eigenvalue weighted by Gasteiger charge is -2.19. The molecule has 15 heavy (non-hydrogen) atoms. The molecule has 0 aromatic heterocycles. The number of nitrogens with zero attached hydrogens (tertiary/aromatic N) is 1. The van der Waals surface area contributed by atoms with E-state index in [2.05, 4.69) is 4.72 Å². The van der Waals surface area contributed by atoms with Gasteiger partial charge in [0, 0.05) is 18.8 Å². The van der Waals surface area contributed by atoms with Gasteiger partial charge in [0.1, 0.15) is 0 Å². The monoisotopic (exact) mass is 228 g/mol. The highest BCUT2D eigenvalue weighted by atomic mass is 32.2. The van der Waals surface area contributed by atoms with Crippen molar-refractivity contribution in [1.82, 2.24) is 4.31 Å². The maximum Gasteiger partial charge on any atom is 0.301 e. The fourth-order valence-electron chi connectivity index (χ4n) is 1.28. The smallest absolute Gasteiger partial charge is 0.271 e. The second kappa shape index (κ2) is 5.14. The van der Waals surface area contributed by atoms with E-state index in [1.54, 1.807) is 24.3 Å². The average Bonchev–Trinajstić information content (AvgIpc) is 2.19. The van der Waals surface area contributed by atoms with E-state index in [9.17, 15) is 8.42 Å². The van der Waals surface area contributed by atoms with Crippen LogP contribution in [0.3, 0.4) is 0 Å². The first-order valence-electron chi connectivity index (χ1n) is 4.93. The minimum atomic E-state index is -3.39. The Morgan fingerprint density at radius 2 is 1.67 bits per heavy atom. The maximum absolute atomic E-state index is 11.8. The predicted octanol–water partition coefficient (Wildman–Crippen LogP) is 1.69. The van der Waals surface area contributed by atoms with Crippen LogP contribution in [0.25, 0.3) is 0 Å². The zero-order valence-electron chi connectivity index (χ0n) is 8.97. The summed E-state index contributed by atoms with van der Waals surface area (Å²) in [5.74, 6) is 0. The molecule has 0 bridgehead atoms. The summed E-state index contributed by atoms with van der Waals surface area (Å²) in [6.45, 7) is 4.57. The SMILES string of the molecule is CCN(CC)S(=O)(=O)Nc1ccccc1. The van der Waals surface area contributed by atoms with E-state index in [1.165, 1.54) is 4.31 Å². The van der Waals surface area contributed by atoms with Gasteiger partial charge in [-0.3, -0.25) is 4.72 Å².